The van der Waals surface area contributed by atoms with E-state index < -0.39 is 12.0 Å². The molecule has 11 heteroatoms. The van der Waals surface area contributed by atoms with Gasteiger partial charge in [-0.25, -0.2) is 9.97 Å². The zero-order valence-electron chi connectivity index (χ0n) is 15.7. The summed E-state index contributed by atoms with van der Waals surface area (Å²) in [5, 5.41) is 10.9. The quantitative estimate of drug-likeness (QED) is 0.369. The molecule has 3 N–H and O–H groups in total. The summed E-state index contributed by atoms with van der Waals surface area (Å²) in [6.07, 6.45) is 4.95. The average molecular weight is 413 g/mol. The Morgan fingerprint density at radius 3 is 2.00 bits per heavy atom. The Morgan fingerprint density at radius 2 is 1.59 bits per heavy atom. The maximum Gasteiger partial charge on any atom is 0.321 e. The number of carbonyl (C=O) groups is 2. The van der Waals surface area contributed by atoms with Crippen molar-refractivity contribution in [2.75, 3.05) is 28.2 Å². The number of aromatic nitrogens is 4. The third-order valence-corrected chi connectivity index (χ3v) is 6.40. The molecule has 0 aliphatic carbocycles. The van der Waals surface area contributed by atoms with Crippen LogP contribution in [0.25, 0.3) is 0 Å². The highest BCUT2D eigenvalue weighted by Gasteiger charge is 2.23. The SMILES string of the molecule is CN(C)C(C=O)Cc1[nH]cnc1SSc1nc[nH]c1CC(C(=O)O)N(C)C. The van der Waals surface area contributed by atoms with E-state index >= 15 is 0 Å². The molecule has 2 rings (SSSR count). The summed E-state index contributed by atoms with van der Waals surface area (Å²) >= 11 is 0. The summed E-state index contributed by atoms with van der Waals surface area (Å²) in [7, 11) is 10.0. The molecule has 2 atom stereocenters. The van der Waals surface area contributed by atoms with E-state index in [1.165, 1.54) is 21.6 Å². The van der Waals surface area contributed by atoms with Crippen molar-refractivity contribution in [1.82, 2.24) is 29.7 Å². The Labute approximate surface area is 165 Å². The van der Waals surface area contributed by atoms with Gasteiger partial charge in [0.05, 0.1) is 30.1 Å². The molecule has 9 nitrogen and oxygen atoms in total. The van der Waals surface area contributed by atoms with Gasteiger partial charge in [0.25, 0.3) is 0 Å². The summed E-state index contributed by atoms with van der Waals surface area (Å²) in [5.74, 6) is -0.878. The number of carbonyl (C=O) groups excluding carboxylic acids is 1. The minimum Gasteiger partial charge on any atom is -0.480 e. The molecule has 0 aromatic carbocycles. The number of carboxylic acids is 1. The predicted molar refractivity (Wildman–Crippen MR) is 105 cm³/mol. The summed E-state index contributed by atoms with van der Waals surface area (Å²) in [6, 6.07) is -0.864. The summed E-state index contributed by atoms with van der Waals surface area (Å²) in [4.78, 5) is 40.9. The van der Waals surface area contributed by atoms with Crippen molar-refractivity contribution in [1.29, 1.82) is 0 Å². The molecule has 0 amide bonds. The summed E-state index contributed by atoms with van der Waals surface area (Å²) in [5.41, 5.74) is 1.65. The molecule has 2 aromatic rings. The lowest BCUT2D eigenvalue weighted by Gasteiger charge is -2.19. The van der Waals surface area contributed by atoms with E-state index in [-0.39, 0.29) is 6.04 Å². The Balaban J connectivity index is 2.05. The number of nitrogens with one attached hydrogen (secondary N) is 2. The molecule has 148 valence electrons. The minimum atomic E-state index is -0.878. The molecule has 0 aliphatic heterocycles. The van der Waals surface area contributed by atoms with Crippen LogP contribution >= 0.6 is 21.6 Å². The van der Waals surface area contributed by atoms with Crippen LogP contribution in [0.5, 0.6) is 0 Å². The van der Waals surface area contributed by atoms with Crippen LogP contribution in [0, 0.1) is 0 Å². The van der Waals surface area contributed by atoms with Gasteiger partial charge in [-0.05, 0) is 49.8 Å². The number of nitrogens with zero attached hydrogens (tertiary/aromatic N) is 4. The van der Waals surface area contributed by atoms with E-state index in [0.29, 0.717) is 12.8 Å². The predicted octanol–water partition coefficient (Wildman–Crippen LogP) is 1.16. The molecule has 0 fully saturated rings. The summed E-state index contributed by atoms with van der Waals surface area (Å²) < 4.78 is 0. The second-order valence-corrected chi connectivity index (χ2v) is 8.54. The number of carboxylic acid groups (broad SMARTS) is 1. The molecule has 0 bridgehead atoms. The van der Waals surface area contributed by atoms with E-state index in [1.54, 1.807) is 31.6 Å². The molecule has 2 aromatic heterocycles. The third-order valence-electron chi connectivity index (χ3n) is 4.10. The molecule has 0 spiro atoms. The summed E-state index contributed by atoms with van der Waals surface area (Å²) in [6.45, 7) is 0. The fourth-order valence-corrected chi connectivity index (χ4v) is 4.55. The number of aromatic amines is 2. The fourth-order valence-electron chi connectivity index (χ4n) is 2.38. The van der Waals surface area contributed by atoms with Crippen LogP contribution in [0.2, 0.25) is 0 Å². The van der Waals surface area contributed by atoms with Gasteiger partial charge >= 0.3 is 5.97 Å². The first-order valence-electron chi connectivity index (χ1n) is 8.23. The van der Waals surface area contributed by atoms with Crippen molar-refractivity contribution in [3.8, 4) is 0 Å². The number of aliphatic carboxylic acids is 1. The second kappa shape index (κ2) is 9.93. The first-order chi connectivity index (χ1) is 12.8. The van der Waals surface area contributed by atoms with Crippen LogP contribution < -0.4 is 0 Å². The van der Waals surface area contributed by atoms with Gasteiger partial charge in [0, 0.05) is 12.8 Å². The van der Waals surface area contributed by atoms with Gasteiger partial charge in [-0.3, -0.25) is 14.6 Å². The molecule has 2 unspecified atom stereocenters. The Hall–Kier alpha value is -1.82. The highest BCUT2D eigenvalue weighted by atomic mass is 33.1. The van der Waals surface area contributed by atoms with E-state index in [4.69, 9.17) is 0 Å². The van der Waals surface area contributed by atoms with Crippen molar-refractivity contribution in [3.05, 3.63) is 24.0 Å². The van der Waals surface area contributed by atoms with Gasteiger partial charge < -0.3 is 19.9 Å². The Morgan fingerprint density at radius 1 is 1.07 bits per heavy atom. The molecule has 0 saturated carbocycles. The number of imidazole rings is 2. The highest BCUT2D eigenvalue weighted by molar-refractivity contribution is 8.76. The van der Waals surface area contributed by atoms with Crippen molar-refractivity contribution >= 4 is 33.8 Å². The van der Waals surface area contributed by atoms with Crippen molar-refractivity contribution in [2.24, 2.45) is 0 Å². The second-order valence-electron chi connectivity index (χ2n) is 6.43. The maximum atomic E-state index is 11.4. The number of rotatable bonds is 11. The van der Waals surface area contributed by atoms with Gasteiger partial charge in [-0.2, -0.15) is 0 Å². The normalized spacial score (nSPS) is 13.9. The first kappa shape index (κ1) is 21.5. The lowest BCUT2D eigenvalue weighted by molar-refractivity contribution is -0.142. The Kier molecular flexibility index (Phi) is 7.90. The molecular weight excluding hydrogens is 388 g/mol. The van der Waals surface area contributed by atoms with Crippen LogP contribution in [0.3, 0.4) is 0 Å². The third kappa shape index (κ3) is 5.83. The number of hydrogen-bond donors (Lipinski definition) is 3. The van der Waals surface area contributed by atoms with Gasteiger partial charge in [0.15, 0.2) is 0 Å². The van der Waals surface area contributed by atoms with Crippen molar-refractivity contribution < 1.29 is 14.7 Å². The van der Waals surface area contributed by atoms with Crippen molar-refractivity contribution in [2.45, 2.75) is 35.0 Å². The van der Waals surface area contributed by atoms with Crippen LogP contribution in [0.4, 0.5) is 0 Å². The van der Waals surface area contributed by atoms with Crippen LogP contribution in [-0.2, 0) is 22.4 Å². The maximum absolute atomic E-state index is 11.4. The molecule has 27 heavy (non-hydrogen) atoms. The molecular formula is C16H24N6O3S2. The zero-order valence-corrected chi connectivity index (χ0v) is 17.3. The lowest BCUT2D eigenvalue weighted by Crippen LogP contribution is -2.37. The zero-order chi connectivity index (χ0) is 20.0. The number of hydrogen-bond acceptors (Lipinski definition) is 8. The lowest BCUT2D eigenvalue weighted by atomic mass is 10.1. The van der Waals surface area contributed by atoms with Crippen LogP contribution in [0.15, 0.2) is 22.7 Å². The van der Waals surface area contributed by atoms with Crippen LogP contribution in [0.1, 0.15) is 11.4 Å². The van der Waals surface area contributed by atoms with E-state index in [1.807, 2.05) is 19.0 Å². The van der Waals surface area contributed by atoms with Gasteiger partial charge in [0.2, 0.25) is 0 Å². The number of likely N-dealkylation sites (N-methyl/N-ethyl adjacent to an activating group) is 2. The van der Waals surface area contributed by atoms with Gasteiger partial charge in [0.1, 0.15) is 22.4 Å². The molecule has 0 aliphatic rings. The van der Waals surface area contributed by atoms with Crippen LogP contribution in [-0.4, -0.2) is 87.4 Å². The number of H-pyrrole nitrogens is 2. The topological polar surface area (TPSA) is 118 Å². The van der Waals surface area contributed by atoms with Crippen molar-refractivity contribution in [3.63, 3.8) is 0 Å². The number of aldehydes is 1. The van der Waals surface area contributed by atoms with E-state index in [0.717, 1.165) is 27.7 Å². The highest BCUT2D eigenvalue weighted by Crippen LogP contribution is 2.38. The fraction of sp³-hybridized carbons (Fsp3) is 0.500. The van der Waals surface area contributed by atoms with Gasteiger partial charge in [-0.15, -0.1) is 0 Å². The molecule has 0 radical (unpaired) electrons. The smallest absolute Gasteiger partial charge is 0.321 e. The van der Waals surface area contributed by atoms with E-state index in [9.17, 15) is 14.7 Å². The average Bonchev–Trinajstić information content (AvgIpc) is 3.23. The standard InChI is InChI=1S/C16H24N6O3S2/c1-21(2)10(7-23)5-11-14(19-8-17-11)26-27-15-12(18-9-20-15)6-13(16(24)25)22(3)4/h7-10,13H,5-6H2,1-4H3,(H,17,19)(H,18,20)(H,24,25). The first-order valence-corrected chi connectivity index (χ1v) is 10.4. The Bertz CT molecular complexity index is 761. The molecule has 0 saturated heterocycles. The van der Waals surface area contributed by atoms with E-state index in [2.05, 4.69) is 19.9 Å². The largest absolute Gasteiger partial charge is 0.480 e. The molecule has 2 heterocycles. The monoisotopic (exact) mass is 412 g/mol. The van der Waals surface area contributed by atoms with Gasteiger partial charge in [-0.1, -0.05) is 0 Å². The minimum absolute atomic E-state index is 0.229.